The van der Waals surface area contributed by atoms with E-state index >= 15 is 0 Å². The van der Waals surface area contributed by atoms with Crippen LogP contribution in [-0.4, -0.2) is 36.6 Å². The number of ether oxygens (including phenoxy) is 1. The highest BCUT2D eigenvalue weighted by atomic mass is 16.5. The number of anilines is 1. The molecule has 0 fully saturated rings. The summed E-state index contributed by atoms with van der Waals surface area (Å²) in [5, 5.41) is 2.39. The molecule has 2 aromatic carbocycles. The highest BCUT2D eigenvalue weighted by Crippen LogP contribution is 2.31. The molecular weight excluding hydrogens is 358 g/mol. The van der Waals surface area contributed by atoms with Gasteiger partial charge in [0.2, 0.25) is 0 Å². The number of nitrogens with zero attached hydrogens (tertiary/aromatic N) is 1. The smallest absolute Gasteiger partial charge is 0.329 e. The predicted molar refractivity (Wildman–Crippen MR) is 105 cm³/mol. The molecule has 0 aromatic heterocycles. The molecule has 7 nitrogen and oxygen atoms in total. The first-order chi connectivity index (χ1) is 13.5. The molecule has 1 aliphatic rings. The summed E-state index contributed by atoms with van der Waals surface area (Å²) in [6, 6.07) is 15.0. The molecule has 0 spiro atoms. The van der Waals surface area contributed by atoms with Gasteiger partial charge in [-0.25, -0.2) is 9.59 Å². The molecule has 1 aliphatic heterocycles. The van der Waals surface area contributed by atoms with Gasteiger partial charge in [0.05, 0.1) is 0 Å². The van der Waals surface area contributed by atoms with E-state index in [0.29, 0.717) is 0 Å². The normalized spacial score (nSPS) is 16.2. The molecule has 0 saturated heterocycles. The number of para-hydroxylation sites is 1. The number of nitrogens with two attached hydrogens (primary N) is 1. The fraction of sp³-hybridized carbons (Fsp3) is 0.286. The molecule has 0 bridgehead atoms. The minimum atomic E-state index is -0.962. The first-order valence-corrected chi connectivity index (χ1v) is 9.12. The van der Waals surface area contributed by atoms with E-state index in [9.17, 15) is 14.4 Å². The van der Waals surface area contributed by atoms with Gasteiger partial charge in [0.15, 0.2) is 6.61 Å². The fourth-order valence-corrected chi connectivity index (χ4v) is 3.46. The molecule has 3 N–H and O–H groups in total. The monoisotopic (exact) mass is 381 g/mol. The van der Waals surface area contributed by atoms with Crippen LogP contribution in [0.2, 0.25) is 0 Å². The average molecular weight is 381 g/mol. The number of hydrogen-bond acceptors (Lipinski definition) is 4. The van der Waals surface area contributed by atoms with Crippen LogP contribution in [0.4, 0.5) is 10.5 Å². The lowest BCUT2D eigenvalue weighted by molar-refractivity contribution is -0.149. The largest absolute Gasteiger partial charge is 0.454 e. The van der Waals surface area contributed by atoms with E-state index in [-0.39, 0.29) is 18.4 Å². The van der Waals surface area contributed by atoms with E-state index in [0.717, 1.165) is 23.2 Å². The second-order valence-corrected chi connectivity index (χ2v) is 6.80. The van der Waals surface area contributed by atoms with Gasteiger partial charge < -0.3 is 20.7 Å². The van der Waals surface area contributed by atoms with Crippen molar-refractivity contribution in [1.29, 1.82) is 0 Å². The van der Waals surface area contributed by atoms with E-state index in [2.05, 4.69) is 5.32 Å². The predicted octanol–water partition coefficient (Wildman–Crippen LogP) is 1.79. The van der Waals surface area contributed by atoms with Crippen molar-refractivity contribution in [1.82, 2.24) is 5.32 Å². The number of carbonyl (C=O) groups is 3. The van der Waals surface area contributed by atoms with Crippen LogP contribution >= 0.6 is 0 Å². The Hall–Kier alpha value is -3.35. The summed E-state index contributed by atoms with van der Waals surface area (Å²) in [5.74, 6) is -1.00. The van der Waals surface area contributed by atoms with Crippen LogP contribution in [0.3, 0.4) is 0 Å². The second kappa shape index (κ2) is 8.56. The minimum absolute atomic E-state index is 0.00698. The molecular formula is C21H23N3O4. The lowest BCUT2D eigenvalue weighted by atomic mass is 10.1. The van der Waals surface area contributed by atoms with Gasteiger partial charge in [-0.15, -0.1) is 0 Å². The first kappa shape index (κ1) is 19.4. The van der Waals surface area contributed by atoms with Gasteiger partial charge in [-0.1, -0.05) is 48.5 Å². The summed E-state index contributed by atoms with van der Waals surface area (Å²) in [7, 11) is 0. The molecule has 0 radical (unpaired) electrons. The number of primary amides is 1. The van der Waals surface area contributed by atoms with Crippen molar-refractivity contribution in [2.24, 2.45) is 5.73 Å². The number of esters is 1. The molecule has 7 heteroatoms. The lowest BCUT2D eigenvalue weighted by Crippen LogP contribution is -2.47. The molecule has 3 amide bonds. The number of carbonyl (C=O) groups excluding carboxylic acids is 3. The average Bonchev–Trinajstić information content (AvgIpc) is 3.01. The Morgan fingerprint density at radius 3 is 2.54 bits per heavy atom. The molecule has 0 unspecified atom stereocenters. The molecule has 1 heterocycles. The van der Waals surface area contributed by atoms with Crippen LogP contribution in [0.15, 0.2) is 54.6 Å². The van der Waals surface area contributed by atoms with Gasteiger partial charge in [0, 0.05) is 18.2 Å². The Kier molecular flexibility index (Phi) is 5.93. The third kappa shape index (κ3) is 4.49. The molecule has 2 aromatic rings. The van der Waals surface area contributed by atoms with Gasteiger partial charge in [-0.2, -0.15) is 0 Å². The topological polar surface area (TPSA) is 102 Å². The van der Waals surface area contributed by atoms with Crippen LogP contribution in [0.5, 0.6) is 0 Å². The Morgan fingerprint density at radius 1 is 1.14 bits per heavy atom. The molecule has 3 rings (SSSR count). The van der Waals surface area contributed by atoms with Gasteiger partial charge >= 0.3 is 12.0 Å². The van der Waals surface area contributed by atoms with Crippen molar-refractivity contribution in [2.45, 2.75) is 31.8 Å². The second-order valence-electron chi connectivity index (χ2n) is 6.80. The van der Waals surface area contributed by atoms with Gasteiger partial charge in [-0.3, -0.25) is 4.79 Å². The zero-order valence-electron chi connectivity index (χ0n) is 15.6. The van der Waals surface area contributed by atoms with Crippen molar-refractivity contribution in [3.63, 3.8) is 0 Å². The first-order valence-electron chi connectivity index (χ1n) is 9.12. The van der Waals surface area contributed by atoms with E-state index in [1.807, 2.05) is 61.5 Å². The summed E-state index contributed by atoms with van der Waals surface area (Å²) in [4.78, 5) is 38.0. The van der Waals surface area contributed by atoms with Gasteiger partial charge in [0.25, 0.3) is 5.91 Å². The number of rotatable bonds is 6. The van der Waals surface area contributed by atoms with E-state index in [4.69, 9.17) is 10.5 Å². The van der Waals surface area contributed by atoms with Crippen LogP contribution < -0.4 is 16.0 Å². The van der Waals surface area contributed by atoms with Crippen LogP contribution in [-0.2, 0) is 27.2 Å². The van der Waals surface area contributed by atoms with Crippen molar-refractivity contribution < 1.29 is 19.1 Å². The summed E-state index contributed by atoms with van der Waals surface area (Å²) >= 11 is 0. The number of hydrogen-bond donors (Lipinski definition) is 2. The maximum absolute atomic E-state index is 12.7. The fourth-order valence-electron chi connectivity index (χ4n) is 3.46. The summed E-state index contributed by atoms with van der Waals surface area (Å²) in [5.41, 5.74) is 7.95. The Labute approximate surface area is 163 Å². The molecule has 2 atom stereocenters. The van der Waals surface area contributed by atoms with Crippen LogP contribution in [0, 0.1) is 0 Å². The molecule has 0 aliphatic carbocycles. The zero-order valence-corrected chi connectivity index (χ0v) is 15.6. The molecule has 0 saturated carbocycles. The summed E-state index contributed by atoms with van der Waals surface area (Å²) in [6.07, 6.45) is 0.982. The van der Waals surface area contributed by atoms with Gasteiger partial charge in [-0.05, 0) is 30.5 Å². The highest BCUT2D eigenvalue weighted by Gasteiger charge is 2.31. The Bertz CT molecular complexity index is 869. The van der Waals surface area contributed by atoms with E-state index < -0.39 is 24.6 Å². The van der Waals surface area contributed by atoms with Crippen molar-refractivity contribution in [3.8, 4) is 0 Å². The minimum Gasteiger partial charge on any atom is -0.454 e. The number of amides is 3. The maximum atomic E-state index is 12.7. The number of fused-ring (bicyclic) bond motifs is 1. The number of benzene rings is 2. The quantitative estimate of drug-likeness (QED) is 0.745. The zero-order chi connectivity index (χ0) is 20.1. The third-order valence-electron chi connectivity index (χ3n) is 4.70. The maximum Gasteiger partial charge on any atom is 0.329 e. The third-order valence-corrected chi connectivity index (χ3v) is 4.70. The highest BCUT2D eigenvalue weighted by molar-refractivity contribution is 5.98. The van der Waals surface area contributed by atoms with Crippen LogP contribution in [0.25, 0.3) is 0 Å². The Balaban J connectivity index is 1.63. The van der Waals surface area contributed by atoms with Crippen molar-refractivity contribution in [3.05, 3.63) is 65.7 Å². The standard InChI is InChI=1S/C21H23N3O4/c1-14-11-16-9-5-6-10-18(16)24(14)19(25)13-28-20(26)17(23-21(22)27)12-15-7-3-2-4-8-15/h2-10,14,17H,11-13H2,1H3,(H3,22,23,27)/t14-,17-/m0/s1. The van der Waals surface area contributed by atoms with E-state index in [1.165, 1.54) is 0 Å². The SMILES string of the molecule is C[C@H]1Cc2ccccc2N1C(=O)COC(=O)[C@H](Cc1ccccc1)NC(N)=O. The van der Waals surface area contributed by atoms with Crippen LogP contribution in [0.1, 0.15) is 18.1 Å². The number of urea groups is 1. The molecule has 28 heavy (non-hydrogen) atoms. The van der Waals surface area contributed by atoms with Gasteiger partial charge in [0.1, 0.15) is 6.04 Å². The van der Waals surface area contributed by atoms with E-state index in [1.54, 1.807) is 4.90 Å². The lowest BCUT2D eigenvalue weighted by Gasteiger charge is -2.23. The summed E-state index contributed by atoms with van der Waals surface area (Å²) in [6.45, 7) is 1.55. The number of nitrogens with one attached hydrogen (secondary N) is 1. The van der Waals surface area contributed by atoms with Crippen molar-refractivity contribution >= 4 is 23.6 Å². The molecule has 146 valence electrons. The summed E-state index contributed by atoms with van der Waals surface area (Å²) < 4.78 is 5.21. The Morgan fingerprint density at radius 2 is 1.82 bits per heavy atom. The van der Waals surface area contributed by atoms with Crippen molar-refractivity contribution in [2.75, 3.05) is 11.5 Å².